The van der Waals surface area contributed by atoms with Crippen LogP contribution in [0.5, 0.6) is 0 Å². The maximum absolute atomic E-state index is 12.1. The fourth-order valence-corrected chi connectivity index (χ4v) is 2.04. The van der Waals surface area contributed by atoms with Gasteiger partial charge in [0.15, 0.2) is 0 Å². The number of benzene rings is 1. The van der Waals surface area contributed by atoms with Crippen LogP contribution in [-0.4, -0.2) is 41.0 Å². The molecule has 1 rings (SSSR count). The van der Waals surface area contributed by atoms with E-state index in [0.29, 0.717) is 25.2 Å². The molecule has 0 fully saturated rings. The maximum atomic E-state index is 12.1. The number of nitrogens with zero attached hydrogens (tertiary/aromatic N) is 1. The van der Waals surface area contributed by atoms with Gasteiger partial charge in [0.1, 0.15) is 0 Å². The molecule has 0 saturated carbocycles. The number of carboxylic acid groups (broad SMARTS) is 1. The zero-order chi connectivity index (χ0) is 15.1. The summed E-state index contributed by atoms with van der Waals surface area (Å²) in [5.41, 5.74) is 0.946. The number of carboxylic acids is 1. The van der Waals surface area contributed by atoms with Gasteiger partial charge in [0.25, 0.3) is 0 Å². The molecule has 0 aromatic heterocycles. The minimum Gasteiger partial charge on any atom is -0.478 e. The third-order valence-electron chi connectivity index (χ3n) is 3.29. The second kappa shape index (κ2) is 7.65. The molecule has 0 radical (unpaired) electrons. The largest absolute Gasteiger partial charge is 0.478 e. The summed E-state index contributed by atoms with van der Waals surface area (Å²) in [5, 5.41) is 12.2. The molecule has 0 bridgehead atoms. The Bertz CT molecular complexity index is 470. The number of carbonyl (C=O) groups is 2. The van der Waals surface area contributed by atoms with Crippen molar-refractivity contribution in [3.8, 4) is 0 Å². The first-order valence-electron chi connectivity index (χ1n) is 6.84. The average Bonchev–Trinajstić information content (AvgIpc) is 2.46. The Hall–Kier alpha value is -1.88. The minimum atomic E-state index is -0.954. The Morgan fingerprint density at radius 1 is 1.25 bits per heavy atom. The predicted octanol–water partition coefficient (Wildman–Crippen LogP) is 1.73. The van der Waals surface area contributed by atoms with E-state index >= 15 is 0 Å². The summed E-state index contributed by atoms with van der Waals surface area (Å²) in [7, 11) is 0. The fraction of sp³-hybridized carbons (Fsp3) is 0.467. The van der Waals surface area contributed by atoms with Gasteiger partial charge in [-0.3, -0.25) is 4.79 Å². The number of aromatic carboxylic acids is 1. The number of likely N-dealkylation sites (N-methyl/N-ethyl adjacent to an activating group) is 1. The molecule has 1 unspecified atom stereocenters. The summed E-state index contributed by atoms with van der Waals surface area (Å²) >= 11 is 0. The first-order valence-corrected chi connectivity index (χ1v) is 6.84. The zero-order valence-corrected chi connectivity index (χ0v) is 12.2. The number of rotatable bonds is 7. The fourth-order valence-electron chi connectivity index (χ4n) is 2.04. The SMILES string of the molecule is CCN(CC)C(=O)C(C)NCc1ccccc1C(=O)O. The molecule has 1 aromatic carbocycles. The summed E-state index contributed by atoms with van der Waals surface area (Å²) in [6, 6.07) is 6.47. The molecule has 110 valence electrons. The van der Waals surface area contributed by atoms with E-state index in [4.69, 9.17) is 5.11 Å². The Labute approximate surface area is 119 Å². The average molecular weight is 278 g/mol. The number of amides is 1. The molecule has 0 aliphatic carbocycles. The standard InChI is InChI=1S/C15H22N2O3/c1-4-17(5-2)14(18)11(3)16-10-12-8-6-7-9-13(12)15(19)20/h6-9,11,16H,4-5,10H2,1-3H3,(H,19,20). The normalized spacial score (nSPS) is 11.9. The molecule has 5 nitrogen and oxygen atoms in total. The molecule has 0 spiro atoms. The van der Waals surface area contributed by atoms with E-state index in [1.54, 1.807) is 36.1 Å². The third kappa shape index (κ3) is 4.06. The first-order chi connectivity index (χ1) is 9.51. The van der Waals surface area contributed by atoms with Gasteiger partial charge in [-0.15, -0.1) is 0 Å². The second-order valence-electron chi connectivity index (χ2n) is 4.58. The van der Waals surface area contributed by atoms with Crippen LogP contribution in [0.4, 0.5) is 0 Å². The maximum Gasteiger partial charge on any atom is 0.336 e. The number of hydrogen-bond acceptors (Lipinski definition) is 3. The van der Waals surface area contributed by atoms with E-state index in [-0.39, 0.29) is 17.5 Å². The third-order valence-corrected chi connectivity index (χ3v) is 3.29. The monoisotopic (exact) mass is 278 g/mol. The van der Waals surface area contributed by atoms with Crippen molar-refractivity contribution >= 4 is 11.9 Å². The van der Waals surface area contributed by atoms with Crippen molar-refractivity contribution in [2.24, 2.45) is 0 Å². The van der Waals surface area contributed by atoms with Crippen molar-refractivity contribution in [2.75, 3.05) is 13.1 Å². The van der Waals surface area contributed by atoms with Gasteiger partial charge in [-0.1, -0.05) is 18.2 Å². The van der Waals surface area contributed by atoms with Crippen molar-refractivity contribution in [3.05, 3.63) is 35.4 Å². The zero-order valence-electron chi connectivity index (χ0n) is 12.2. The van der Waals surface area contributed by atoms with Gasteiger partial charge in [0.2, 0.25) is 5.91 Å². The number of carbonyl (C=O) groups excluding carboxylic acids is 1. The van der Waals surface area contributed by atoms with Crippen LogP contribution >= 0.6 is 0 Å². The predicted molar refractivity (Wildman–Crippen MR) is 77.6 cm³/mol. The van der Waals surface area contributed by atoms with Crippen LogP contribution in [0.2, 0.25) is 0 Å². The van der Waals surface area contributed by atoms with E-state index in [2.05, 4.69) is 5.32 Å². The van der Waals surface area contributed by atoms with Crippen molar-refractivity contribution < 1.29 is 14.7 Å². The van der Waals surface area contributed by atoms with Gasteiger partial charge >= 0.3 is 5.97 Å². The molecule has 0 aliphatic heterocycles. The summed E-state index contributed by atoms with van der Waals surface area (Å²) in [5.74, 6) is -0.923. The first kappa shape index (κ1) is 16.2. The van der Waals surface area contributed by atoms with Crippen molar-refractivity contribution in [1.82, 2.24) is 10.2 Å². The van der Waals surface area contributed by atoms with Crippen LogP contribution in [0.15, 0.2) is 24.3 Å². The van der Waals surface area contributed by atoms with Crippen molar-refractivity contribution in [2.45, 2.75) is 33.4 Å². The molecule has 1 atom stereocenters. The lowest BCUT2D eigenvalue weighted by atomic mass is 10.1. The molecule has 1 aromatic rings. The van der Waals surface area contributed by atoms with Crippen LogP contribution in [0.1, 0.15) is 36.7 Å². The molecule has 20 heavy (non-hydrogen) atoms. The van der Waals surface area contributed by atoms with Crippen LogP contribution in [-0.2, 0) is 11.3 Å². The van der Waals surface area contributed by atoms with Gasteiger partial charge < -0.3 is 15.3 Å². The van der Waals surface area contributed by atoms with Gasteiger partial charge in [-0.05, 0) is 32.4 Å². The van der Waals surface area contributed by atoms with Crippen LogP contribution in [0.3, 0.4) is 0 Å². The van der Waals surface area contributed by atoms with Gasteiger partial charge in [-0.25, -0.2) is 4.79 Å². The molecular formula is C15H22N2O3. The molecule has 2 N–H and O–H groups in total. The van der Waals surface area contributed by atoms with Gasteiger partial charge in [0.05, 0.1) is 11.6 Å². The topological polar surface area (TPSA) is 69.6 Å². The van der Waals surface area contributed by atoms with E-state index in [9.17, 15) is 9.59 Å². The Morgan fingerprint density at radius 2 is 1.85 bits per heavy atom. The lowest BCUT2D eigenvalue weighted by molar-refractivity contribution is -0.132. The molecule has 0 aliphatic rings. The highest BCUT2D eigenvalue weighted by Gasteiger charge is 2.18. The number of hydrogen-bond donors (Lipinski definition) is 2. The van der Waals surface area contributed by atoms with E-state index in [0.717, 1.165) is 0 Å². The summed E-state index contributed by atoms with van der Waals surface area (Å²) in [4.78, 5) is 24.9. The number of nitrogens with one attached hydrogen (secondary N) is 1. The highest BCUT2D eigenvalue weighted by atomic mass is 16.4. The molecule has 1 amide bonds. The lowest BCUT2D eigenvalue weighted by Gasteiger charge is -2.23. The molecule has 0 heterocycles. The smallest absolute Gasteiger partial charge is 0.336 e. The van der Waals surface area contributed by atoms with Crippen LogP contribution < -0.4 is 5.32 Å². The summed E-state index contributed by atoms with van der Waals surface area (Å²) in [6.45, 7) is 7.38. The molecule has 0 saturated heterocycles. The van der Waals surface area contributed by atoms with Crippen LogP contribution in [0.25, 0.3) is 0 Å². The second-order valence-corrected chi connectivity index (χ2v) is 4.58. The highest BCUT2D eigenvalue weighted by Crippen LogP contribution is 2.09. The molecular weight excluding hydrogens is 256 g/mol. The quantitative estimate of drug-likeness (QED) is 0.797. The summed E-state index contributed by atoms with van der Waals surface area (Å²) in [6.07, 6.45) is 0. The van der Waals surface area contributed by atoms with E-state index < -0.39 is 5.97 Å². The lowest BCUT2D eigenvalue weighted by Crippen LogP contribution is -2.44. The van der Waals surface area contributed by atoms with Gasteiger partial charge in [-0.2, -0.15) is 0 Å². The van der Waals surface area contributed by atoms with Crippen LogP contribution in [0, 0.1) is 0 Å². The highest BCUT2D eigenvalue weighted by molar-refractivity contribution is 5.89. The Morgan fingerprint density at radius 3 is 2.40 bits per heavy atom. The Balaban J connectivity index is 2.68. The Kier molecular flexibility index (Phi) is 6.18. The molecule has 5 heteroatoms. The van der Waals surface area contributed by atoms with E-state index in [1.165, 1.54) is 0 Å². The minimum absolute atomic E-state index is 0.0304. The van der Waals surface area contributed by atoms with Crippen molar-refractivity contribution in [3.63, 3.8) is 0 Å². The summed E-state index contributed by atoms with van der Waals surface area (Å²) < 4.78 is 0. The van der Waals surface area contributed by atoms with Crippen molar-refractivity contribution in [1.29, 1.82) is 0 Å². The van der Waals surface area contributed by atoms with Gasteiger partial charge in [0, 0.05) is 19.6 Å². The van der Waals surface area contributed by atoms with E-state index in [1.807, 2.05) is 13.8 Å².